The van der Waals surface area contributed by atoms with Gasteiger partial charge in [0.05, 0.1) is 6.42 Å². The molecule has 1 amide bonds. The lowest BCUT2D eigenvalue weighted by Crippen LogP contribution is -2.54. The molecule has 1 saturated carbocycles. The summed E-state index contributed by atoms with van der Waals surface area (Å²) in [4.78, 5) is 23.7. The minimum atomic E-state index is 0.160. The van der Waals surface area contributed by atoms with Gasteiger partial charge in [-0.1, -0.05) is 30.7 Å². The Morgan fingerprint density at radius 1 is 1.25 bits per heavy atom. The van der Waals surface area contributed by atoms with E-state index < -0.39 is 0 Å². The number of aliphatic imine (C=N–C) groups is 1. The highest BCUT2D eigenvalue weighted by atomic mass is 35.5. The topological polar surface area (TPSA) is 51.2 Å². The number of benzene rings is 1. The second kappa shape index (κ2) is 10.1. The van der Waals surface area contributed by atoms with Crippen LogP contribution in [-0.4, -0.2) is 85.5 Å². The van der Waals surface area contributed by atoms with Crippen molar-refractivity contribution < 1.29 is 4.79 Å². The Morgan fingerprint density at radius 3 is 2.57 bits per heavy atom. The van der Waals surface area contributed by atoms with Crippen LogP contribution in [0.5, 0.6) is 0 Å². The van der Waals surface area contributed by atoms with Gasteiger partial charge in [0.1, 0.15) is 0 Å². The summed E-state index contributed by atoms with van der Waals surface area (Å²) in [5.41, 5.74) is 0.966. The van der Waals surface area contributed by atoms with Gasteiger partial charge in [0.2, 0.25) is 5.91 Å². The number of piperazine rings is 1. The number of carbonyl (C=O) groups is 1. The van der Waals surface area contributed by atoms with Crippen LogP contribution in [0.25, 0.3) is 0 Å². The van der Waals surface area contributed by atoms with E-state index in [2.05, 4.69) is 27.0 Å². The molecule has 1 aliphatic carbocycles. The molecule has 0 radical (unpaired) electrons. The van der Waals surface area contributed by atoms with E-state index in [0.29, 0.717) is 11.4 Å². The van der Waals surface area contributed by atoms with Crippen molar-refractivity contribution in [3.63, 3.8) is 0 Å². The van der Waals surface area contributed by atoms with E-state index in [9.17, 15) is 4.79 Å². The molecule has 2 aliphatic rings. The largest absolute Gasteiger partial charge is 0.355 e. The molecule has 1 aromatic carbocycles. The van der Waals surface area contributed by atoms with Crippen molar-refractivity contribution in [2.75, 3.05) is 52.9 Å². The molecule has 1 saturated heterocycles. The molecule has 1 heterocycles. The summed E-state index contributed by atoms with van der Waals surface area (Å²) in [6.45, 7) is 8.36. The number of hydrogen-bond donors (Lipinski definition) is 1. The highest BCUT2D eigenvalue weighted by Gasteiger charge is 2.27. The lowest BCUT2D eigenvalue weighted by atomic mass is 10.1. The maximum Gasteiger partial charge on any atom is 0.227 e. The van der Waals surface area contributed by atoms with Crippen LogP contribution in [0, 0.1) is 0 Å². The van der Waals surface area contributed by atoms with E-state index in [-0.39, 0.29) is 5.91 Å². The summed E-state index contributed by atoms with van der Waals surface area (Å²) >= 11 is 6.02. The summed E-state index contributed by atoms with van der Waals surface area (Å²) in [6.07, 6.45) is 3.09. The number of halogens is 1. The number of amides is 1. The van der Waals surface area contributed by atoms with Crippen molar-refractivity contribution in [1.82, 2.24) is 20.0 Å². The molecular weight excluding hydrogens is 374 g/mol. The number of rotatable bonds is 7. The summed E-state index contributed by atoms with van der Waals surface area (Å²) in [5.74, 6) is 1.10. The zero-order valence-electron chi connectivity index (χ0n) is 17.0. The van der Waals surface area contributed by atoms with Crippen LogP contribution in [0.2, 0.25) is 5.02 Å². The van der Waals surface area contributed by atoms with Gasteiger partial charge in [-0.2, -0.15) is 0 Å². The molecule has 3 rings (SSSR count). The van der Waals surface area contributed by atoms with E-state index in [1.54, 1.807) is 0 Å². The van der Waals surface area contributed by atoms with Crippen molar-refractivity contribution >= 4 is 23.5 Å². The van der Waals surface area contributed by atoms with Crippen molar-refractivity contribution in [3.05, 3.63) is 34.9 Å². The molecule has 0 bridgehead atoms. The Labute approximate surface area is 173 Å². The summed E-state index contributed by atoms with van der Waals surface area (Å²) in [7, 11) is 1.83. The van der Waals surface area contributed by atoms with Gasteiger partial charge in [0, 0.05) is 57.4 Å². The van der Waals surface area contributed by atoms with Gasteiger partial charge in [0.25, 0.3) is 0 Å². The van der Waals surface area contributed by atoms with Crippen LogP contribution in [-0.2, 0) is 11.2 Å². The van der Waals surface area contributed by atoms with Crippen molar-refractivity contribution in [2.45, 2.75) is 32.2 Å². The molecule has 2 fully saturated rings. The van der Waals surface area contributed by atoms with Gasteiger partial charge in [-0.3, -0.25) is 14.7 Å². The quantitative estimate of drug-likeness (QED) is 0.557. The number of nitrogens with one attached hydrogen (secondary N) is 1. The molecule has 1 N–H and O–H groups in total. The SMILES string of the molecule is CCN(CCNC(=NC)N1CCN(C(=O)Cc2cccc(Cl)c2)CC1)C1CC1. The van der Waals surface area contributed by atoms with Crippen molar-refractivity contribution in [3.8, 4) is 0 Å². The predicted octanol–water partition coefficient (Wildman–Crippen LogP) is 2.09. The van der Waals surface area contributed by atoms with Crippen LogP contribution in [0.3, 0.4) is 0 Å². The van der Waals surface area contributed by atoms with Crippen LogP contribution in [0.15, 0.2) is 29.3 Å². The Balaban J connectivity index is 1.42. The third-order valence-corrected chi connectivity index (χ3v) is 5.77. The molecular formula is C21H32ClN5O. The second-order valence-electron chi connectivity index (χ2n) is 7.51. The van der Waals surface area contributed by atoms with Gasteiger partial charge in [0.15, 0.2) is 5.96 Å². The molecule has 0 aromatic heterocycles. The molecule has 1 aliphatic heterocycles. The summed E-state index contributed by atoms with van der Waals surface area (Å²) < 4.78 is 0. The first-order valence-corrected chi connectivity index (χ1v) is 10.7. The fraction of sp³-hybridized carbons (Fsp3) is 0.619. The fourth-order valence-corrected chi connectivity index (χ4v) is 4.00. The number of nitrogens with zero attached hydrogens (tertiary/aromatic N) is 4. The van der Waals surface area contributed by atoms with Crippen LogP contribution < -0.4 is 5.32 Å². The average Bonchev–Trinajstić information content (AvgIpc) is 3.54. The number of carbonyl (C=O) groups excluding carboxylic acids is 1. The second-order valence-corrected chi connectivity index (χ2v) is 7.94. The zero-order chi connectivity index (χ0) is 19.9. The van der Waals surface area contributed by atoms with Gasteiger partial charge in [-0.25, -0.2) is 0 Å². The highest BCUT2D eigenvalue weighted by Crippen LogP contribution is 2.25. The van der Waals surface area contributed by atoms with E-state index >= 15 is 0 Å². The maximum absolute atomic E-state index is 12.6. The number of hydrogen-bond acceptors (Lipinski definition) is 3. The Hall–Kier alpha value is -1.79. The highest BCUT2D eigenvalue weighted by molar-refractivity contribution is 6.30. The van der Waals surface area contributed by atoms with Crippen LogP contribution >= 0.6 is 11.6 Å². The fourth-order valence-electron chi connectivity index (χ4n) is 3.78. The van der Waals surface area contributed by atoms with Crippen molar-refractivity contribution in [1.29, 1.82) is 0 Å². The molecule has 1 aromatic rings. The van der Waals surface area contributed by atoms with E-state index in [4.69, 9.17) is 11.6 Å². The van der Waals surface area contributed by atoms with Gasteiger partial charge < -0.3 is 15.1 Å². The lowest BCUT2D eigenvalue weighted by Gasteiger charge is -2.36. The van der Waals surface area contributed by atoms with Gasteiger partial charge >= 0.3 is 0 Å². The third-order valence-electron chi connectivity index (χ3n) is 5.54. The molecule has 7 heteroatoms. The zero-order valence-corrected chi connectivity index (χ0v) is 17.8. The molecule has 0 atom stereocenters. The van der Waals surface area contributed by atoms with Gasteiger partial charge in [-0.05, 0) is 37.1 Å². The Kier molecular flexibility index (Phi) is 7.57. The summed E-state index contributed by atoms with van der Waals surface area (Å²) in [6, 6.07) is 8.33. The van der Waals surface area contributed by atoms with E-state index in [1.807, 2.05) is 36.2 Å². The Bertz CT molecular complexity index is 683. The molecule has 28 heavy (non-hydrogen) atoms. The average molecular weight is 406 g/mol. The molecule has 154 valence electrons. The molecule has 0 spiro atoms. The maximum atomic E-state index is 12.6. The normalized spacial score (nSPS) is 17.9. The van der Waals surface area contributed by atoms with Crippen LogP contribution in [0.1, 0.15) is 25.3 Å². The minimum Gasteiger partial charge on any atom is -0.355 e. The van der Waals surface area contributed by atoms with E-state index in [0.717, 1.165) is 63.4 Å². The monoisotopic (exact) mass is 405 g/mol. The predicted molar refractivity (Wildman–Crippen MR) is 115 cm³/mol. The summed E-state index contributed by atoms with van der Waals surface area (Å²) in [5, 5.41) is 4.17. The lowest BCUT2D eigenvalue weighted by molar-refractivity contribution is -0.131. The minimum absolute atomic E-state index is 0.160. The number of likely N-dealkylation sites (N-methyl/N-ethyl adjacent to an activating group) is 1. The van der Waals surface area contributed by atoms with Crippen LogP contribution in [0.4, 0.5) is 0 Å². The third kappa shape index (κ3) is 5.85. The smallest absolute Gasteiger partial charge is 0.227 e. The Morgan fingerprint density at radius 2 is 1.96 bits per heavy atom. The molecule has 0 unspecified atom stereocenters. The van der Waals surface area contributed by atoms with Crippen molar-refractivity contribution in [2.24, 2.45) is 4.99 Å². The molecule has 6 nitrogen and oxygen atoms in total. The first-order valence-electron chi connectivity index (χ1n) is 10.3. The first kappa shape index (κ1) is 20.9. The van der Waals surface area contributed by atoms with Gasteiger partial charge in [-0.15, -0.1) is 0 Å². The standard InChI is InChI=1S/C21H32ClN5O/c1-3-25(19-7-8-19)10-9-24-21(23-2)27-13-11-26(12-14-27)20(28)16-17-5-4-6-18(22)15-17/h4-6,15,19H,3,7-14,16H2,1-2H3,(H,23,24). The van der Waals surface area contributed by atoms with E-state index in [1.165, 1.54) is 12.8 Å². The number of guanidine groups is 1. The first-order chi connectivity index (χ1) is 13.6.